The van der Waals surface area contributed by atoms with Crippen LogP contribution in [0.15, 0.2) is 59.0 Å². The van der Waals surface area contributed by atoms with Crippen LogP contribution in [0.3, 0.4) is 0 Å². The van der Waals surface area contributed by atoms with Crippen molar-refractivity contribution in [3.63, 3.8) is 0 Å². The maximum absolute atomic E-state index is 12.9. The summed E-state index contributed by atoms with van der Waals surface area (Å²) >= 11 is 6.03. The molecule has 29 heavy (non-hydrogen) atoms. The minimum Gasteiger partial charge on any atom is -0.496 e. The van der Waals surface area contributed by atoms with Gasteiger partial charge >= 0.3 is 0 Å². The molecule has 0 spiro atoms. The fraction of sp³-hybridized carbons (Fsp3) is 0.130. The molecule has 1 amide bonds. The quantitative estimate of drug-likeness (QED) is 0.449. The van der Waals surface area contributed by atoms with E-state index in [4.69, 9.17) is 20.8 Å². The van der Waals surface area contributed by atoms with Crippen LogP contribution >= 0.6 is 11.6 Å². The molecule has 0 atom stereocenters. The van der Waals surface area contributed by atoms with Gasteiger partial charge in [0, 0.05) is 16.3 Å². The lowest BCUT2D eigenvalue weighted by Crippen LogP contribution is -2.14. The standard InChI is InChI=1S/C23H19ClN2O3/c1-13-7-8-15(23-26-19-12-16(24)9-10-20(19)29-23)11-18(13)25-22(27)17-6-4-5-14(2)21(17)28-3/h4-12H,1-3H3,(H,25,27). The molecule has 5 nitrogen and oxygen atoms in total. The van der Waals surface area contributed by atoms with Gasteiger partial charge < -0.3 is 14.5 Å². The Balaban J connectivity index is 1.68. The second kappa shape index (κ2) is 7.60. The highest BCUT2D eigenvalue weighted by Gasteiger charge is 2.16. The van der Waals surface area contributed by atoms with E-state index in [1.807, 2.05) is 44.2 Å². The summed E-state index contributed by atoms with van der Waals surface area (Å²) < 4.78 is 11.2. The monoisotopic (exact) mass is 406 g/mol. The third-order valence-electron chi connectivity index (χ3n) is 4.74. The van der Waals surface area contributed by atoms with Gasteiger partial charge in [-0.15, -0.1) is 0 Å². The molecule has 4 aromatic rings. The zero-order chi connectivity index (χ0) is 20.5. The van der Waals surface area contributed by atoms with Crippen LogP contribution in [0, 0.1) is 13.8 Å². The van der Waals surface area contributed by atoms with Crippen LogP contribution in [-0.2, 0) is 0 Å². The number of aromatic nitrogens is 1. The SMILES string of the molecule is COc1c(C)cccc1C(=O)Nc1cc(-c2nc3cc(Cl)ccc3o2)ccc1C. The lowest BCUT2D eigenvalue weighted by molar-refractivity contribution is 0.102. The highest BCUT2D eigenvalue weighted by molar-refractivity contribution is 6.31. The maximum Gasteiger partial charge on any atom is 0.259 e. The molecule has 0 fully saturated rings. The van der Waals surface area contributed by atoms with E-state index >= 15 is 0 Å². The molecule has 0 aliphatic rings. The minimum atomic E-state index is -0.241. The molecule has 3 aromatic carbocycles. The molecule has 4 rings (SSSR count). The van der Waals surface area contributed by atoms with Crippen molar-refractivity contribution in [1.29, 1.82) is 0 Å². The molecule has 1 heterocycles. The van der Waals surface area contributed by atoms with Gasteiger partial charge in [-0.2, -0.15) is 0 Å². The Morgan fingerprint density at radius 3 is 2.69 bits per heavy atom. The van der Waals surface area contributed by atoms with E-state index in [0.29, 0.717) is 39.0 Å². The van der Waals surface area contributed by atoms with Crippen molar-refractivity contribution >= 4 is 34.3 Å². The fourth-order valence-electron chi connectivity index (χ4n) is 3.21. The number of halogens is 1. The Hall–Kier alpha value is -3.31. The van der Waals surface area contributed by atoms with Gasteiger partial charge in [0.15, 0.2) is 5.58 Å². The van der Waals surface area contributed by atoms with E-state index in [9.17, 15) is 4.79 Å². The molecule has 0 radical (unpaired) electrons. The van der Waals surface area contributed by atoms with Crippen LogP contribution in [-0.4, -0.2) is 18.0 Å². The summed E-state index contributed by atoms with van der Waals surface area (Å²) in [5, 5.41) is 3.57. The molecule has 146 valence electrons. The highest BCUT2D eigenvalue weighted by Crippen LogP contribution is 2.30. The van der Waals surface area contributed by atoms with Gasteiger partial charge in [-0.05, 0) is 61.4 Å². The first-order valence-electron chi connectivity index (χ1n) is 9.08. The van der Waals surface area contributed by atoms with Crippen LogP contribution < -0.4 is 10.1 Å². The Bertz CT molecular complexity index is 1230. The molecule has 0 saturated carbocycles. The topological polar surface area (TPSA) is 64.4 Å². The minimum absolute atomic E-state index is 0.241. The van der Waals surface area contributed by atoms with Gasteiger partial charge in [0.1, 0.15) is 11.3 Å². The number of benzene rings is 3. The summed E-state index contributed by atoms with van der Waals surface area (Å²) in [5.74, 6) is 0.788. The largest absolute Gasteiger partial charge is 0.496 e. The Morgan fingerprint density at radius 1 is 1.07 bits per heavy atom. The first-order chi connectivity index (χ1) is 14.0. The summed E-state index contributed by atoms with van der Waals surface area (Å²) in [6.07, 6.45) is 0. The Kier molecular flexibility index (Phi) is 4.99. The van der Waals surface area contributed by atoms with E-state index in [-0.39, 0.29) is 5.91 Å². The summed E-state index contributed by atoms with van der Waals surface area (Å²) in [7, 11) is 1.56. The number of fused-ring (bicyclic) bond motifs is 1. The van der Waals surface area contributed by atoms with Crippen molar-refractivity contribution in [3.8, 4) is 17.2 Å². The lowest BCUT2D eigenvalue weighted by atomic mass is 10.1. The molecule has 6 heteroatoms. The van der Waals surface area contributed by atoms with Gasteiger partial charge in [0.05, 0.1) is 12.7 Å². The average Bonchev–Trinajstić information content (AvgIpc) is 3.12. The first-order valence-corrected chi connectivity index (χ1v) is 9.46. The molecule has 0 unspecified atom stereocenters. The fourth-order valence-corrected chi connectivity index (χ4v) is 3.37. The number of rotatable bonds is 4. The molecular formula is C23H19ClN2O3. The normalized spacial score (nSPS) is 10.9. The number of methoxy groups -OCH3 is 1. The number of oxazole rings is 1. The smallest absolute Gasteiger partial charge is 0.259 e. The van der Waals surface area contributed by atoms with E-state index < -0.39 is 0 Å². The van der Waals surface area contributed by atoms with Crippen LogP contribution in [0.5, 0.6) is 5.75 Å². The second-order valence-corrected chi connectivity index (χ2v) is 7.21. The number of nitrogens with one attached hydrogen (secondary N) is 1. The zero-order valence-electron chi connectivity index (χ0n) is 16.2. The average molecular weight is 407 g/mol. The number of ether oxygens (including phenoxy) is 1. The first kappa shape index (κ1) is 19.0. The molecular weight excluding hydrogens is 388 g/mol. The number of para-hydroxylation sites is 1. The summed E-state index contributed by atoms with van der Waals surface area (Å²) in [6.45, 7) is 3.83. The Labute approximate surface area is 173 Å². The van der Waals surface area contributed by atoms with Crippen LogP contribution in [0.2, 0.25) is 5.02 Å². The molecule has 0 bridgehead atoms. The van der Waals surface area contributed by atoms with E-state index in [2.05, 4.69) is 10.3 Å². The predicted octanol–water partition coefficient (Wildman–Crippen LogP) is 6.03. The van der Waals surface area contributed by atoms with Crippen molar-refractivity contribution in [2.24, 2.45) is 0 Å². The van der Waals surface area contributed by atoms with Gasteiger partial charge in [-0.1, -0.05) is 29.8 Å². The number of aryl methyl sites for hydroxylation is 2. The predicted molar refractivity (Wildman–Crippen MR) is 115 cm³/mol. The number of nitrogens with zero attached hydrogens (tertiary/aromatic N) is 1. The number of anilines is 1. The third kappa shape index (κ3) is 3.69. The maximum atomic E-state index is 12.9. The van der Waals surface area contributed by atoms with E-state index in [1.165, 1.54) is 0 Å². The molecule has 0 aliphatic carbocycles. The van der Waals surface area contributed by atoms with Gasteiger partial charge in [0.2, 0.25) is 5.89 Å². The molecule has 1 aromatic heterocycles. The van der Waals surface area contributed by atoms with E-state index in [1.54, 1.807) is 31.4 Å². The molecule has 0 saturated heterocycles. The highest BCUT2D eigenvalue weighted by atomic mass is 35.5. The van der Waals surface area contributed by atoms with Crippen LogP contribution in [0.25, 0.3) is 22.6 Å². The third-order valence-corrected chi connectivity index (χ3v) is 4.98. The van der Waals surface area contributed by atoms with Crippen molar-refractivity contribution in [1.82, 2.24) is 4.98 Å². The van der Waals surface area contributed by atoms with Crippen molar-refractivity contribution in [2.45, 2.75) is 13.8 Å². The van der Waals surface area contributed by atoms with Crippen LogP contribution in [0.1, 0.15) is 21.5 Å². The number of hydrogen-bond acceptors (Lipinski definition) is 4. The van der Waals surface area contributed by atoms with Crippen molar-refractivity contribution in [3.05, 3.63) is 76.3 Å². The number of carbonyl (C=O) groups is 1. The number of carbonyl (C=O) groups excluding carboxylic acids is 1. The van der Waals surface area contributed by atoms with Gasteiger partial charge in [0.25, 0.3) is 5.91 Å². The number of hydrogen-bond donors (Lipinski definition) is 1. The van der Waals surface area contributed by atoms with Crippen LogP contribution in [0.4, 0.5) is 5.69 Å². The van der Waals surface area contributed by atoms with Crippen molar-refractivity contribution in [2.75, 3.05) is 12.4 Å². The Morgan fingerprint density at radius 2 is 1.90 bits per heavy atom. The summed E-state index contributed by atoms with van der Waals surface area (Å²) in [5.41, 5.74) is 5.08. The second-order valence-electron chi connectivity index (χ2n) is 6.77. The van der Waals surface area contributed by atoms with Gasteiger partial charge in [-0.3, -0.25) is 4.79 Å². The molecule has 0 aliphatic heterocycles. The summed E-state index contributed by atoms with van der Waals surface area (Å²) in [4.78, 5) is 17.4. The van der Waals surface area contributed by atoms with Crippen molar-refractivity contribution < 1.29 is 13.9 Å². The molecule has 1 N–H and O–H groups in total. The zero-order valence-corrected chi connectivity index (χ0v) is 17.0. The van der Waals surface area contributed by atoms with Gasteiger partial charge in [-0.25, -0.2) is 4.98 Å². The summed E-state index contributed by atoms with van der Waals surface area (Å²) in [6, 6.07) is 16.5. The number of amides is 1. The van der Waals surface area contributed by atoms with E-state index in [0.717, 1.165) is 16.7 Å². The lowest BCUT2D eigenvalue weighted by Gasteiger charge is -2.13.